The fourth-order valence-corrected chi connectivity index (χ4v) is 4.06. The van der Waals surface area contributed by atoms with Crippen LogP contribution in [0.3, 0.4) is 0 Å². The van der Waals surface area contributed by atoms with Crippen molar-refractivity contribution in [2.24, 2.45) is 27.7 Å². The van der Waals surface area contributed by atoms with Gasteiger partial charge in [0, 0.05) is 7.05 Å². The van der Waals surface area contributed by atoms with Gasteiger partial charge in [0.15, 0.2) is 18.0 Å². The maximum absolute atomic E-state index is 11.5. The highest BCUT2D eigenvalue weighted by Crippen LogP contribution is 2.55. The Bertz CT molecular complexity index is 820. The molecule has 0 aromatic rings. The minimum Gasteiger partial charge on any atom is -0.469 e. The number of amidine groups is 2. The largest absolute Gasteiger partial charge is 0.469 e. The molecular formula is C24H33N3O3. The molecule has 0 bridgehead atoms. The summed E-state index contributed by atoms with van der Waals surface area (Å²) < 4.78 is 4.79. The molecule has 6 heteroatoms. The lowest BCUT2D eigenvalue weighted by atomic mass is 9.84. The van der Waals surface area contributed by atoms with E-state index in [0.29, 0.717) is 41.7 Å². The molecule has 3 atom stereocenters. The van der Waals surface area contributed by atoms with Crippen molar-refractivity contribution in [2.75, 3.05) is 14.2 Å². The Morgan fingerprint density at radius 2 is 2.10 bits per heavy atom. The summed E-state index contributed by atoms with van der Waals surface area (Å²) in [6.45, 7) is 11.8. The minimum atomic E-state index is -0.156. The van der Waals surface area contributed by atoms with Gasteiger partial charge in [-0.1, -0.05) is 44.7 Å². The van der Waals surface area contributed by atoms with E-state index in [0.717, 1.165) is 37.5 Å². The Labute approximate surface area is 179 Å². The van der Waals surface area contributed by atoms with E-state index in [1.54, 1.807) is 24.1 Å². The summed E-state index contributed by atoms with van der Waals surface area (Å²) in [5.74, 6) is 3.08. The van der Waals surface area contributed by atoms with E-state index in [2.05, 4.69) is 29.2 Å². The summed E-state index contributed by atoms with van der Waals surface area (Å²) in [6.07, 6.45) is 10.7. The number of hydrogen-bond acceptors (Lipinski definition) is 6. The molecule has 6 nitrogen and oxygen atoms in total. The highest BCUT2D eigenvalue weighted by atomic mass is 16.5. The summed E-state index contributed by atoms with van der Waals surface area (Å²) in [7, 11) is 3.18. The van der Waals surface area contributed by atoms with Crippen molar-refractivity contribution in [1.82, 2.24) is 4.90 Å². The van der Waals surface area contributed by atoms with Crippen molar-refractivity contribution in [3.05, 3.63) is 48.4 Å². The van der Waals surface area contributed by atoms with Gasteiger partial charge in [-0.15, -0.1) is 0 Å². The van der Waals surface area contributed by atoms with Crippen molar-refractivity contribution in [1.29, 1.82) is 0 Å². The lowest BCUT2D eigenvalue weighted by Gasteiger charge is -2.24. The Morgan fingerprint density at radius 1 is 1.37 bits per heavy atom. The van der Waals surface area contributed by atoms with E-state index in [1.807, 2.05) is 13.8 Å². The standard InChI is InChI=1S/C22H27N3O3.C2H6/c1-5-6-19-23-22(24-20(13-26)25(19)3)14(2)7-8-15-9-10-16(11-21(27)28-4)18-12-17(15)18;1-2/h5-6,10,13,15,17-18H,1-2,7-9,11-12H2,3-4H3;1-2H3/b19-6-;. The number of aliphatic imine (C=N–C) groups is 2. The van der Waals surface area contributed by atoms with Crippen molar-refractivity contribution in [3.63, 3.8) is 0 Å². The number of allylic oxidation sites excluding steroid dienone is 3. The van der Waals surface area contributed by atoms with Gasteiger partial charge in [0.05, 0.1) is 13.5 Å². The number of esters is 1. The van der Waals surface area contributed by atoms with Crippen LogP contribution in [0.15, 0.2) is 58.3 Å². The molecule has 3 rings (SSSR count). The molecule has 0 aromatic carbocycles. The summed E-state index contributed by atoms with van der Waals surface area (Å²) in [5, 5.41) is 0. The fourth-order valence-electron chi connectivity index (χ4n) is 4.06. The molecule has 2 aliphatic carbocycles. The van der Waals surface area contributed by atoms with E-state index in [-0.39, 0.29) is 5.97 Å². The van der Waals surface area contributed by atoms with E-state index >= 15 is 0 Å². The van der Waals surface area contributed by atoms with Gasteiger partial charge in [0.2, 0.25) is 0 Å². The quantitative estimate of drug-likeness (QED) is 0.336. The Kier molecular flexibility index (Phi) is 8.51. The zero-order chi connectivity index (χ0) is 22.3. The number of hydrogen-bond donors (Lipinski definition) is 0. The number of ether oxygens (including phenoxy) is 1. The van der Waals surface area contributed by atoms with E-state index in [9.17, 15) is 9.59 Å². The molecule has 1 saturated carbocycles. The number of nitrogens with zero attached hydrogens (tertiary/aromatic N) is 3. The number of fused-ring (bicyclic) bond motifs is 1. The van der Waals surface area contributed by atoms with Gasteiger partial charge in [-0.3, -0.25) is 9.59 Å². The first kappa shape index (κ1) is 23.5. The predicted molar refractivity (Wildman–Crippen MR) is 121 cm³/mol. The number of aldehydes is 1. The molecule has 30 heavy (non-hydrogen) atoms. The summed E-state index contributed by atoms with van der Waals surface area (Å²) >= 11 is 0. The Balaban J connectivity index is 0.00000155. The molecule has 0 spiro atoms. The first-order valence-electron chi connectivity index (χ1n) is 10.6. The van der Waals surface area contributed by atoms with Crippen LogP contribution in [-0.4, -0.2) is 43.0 Å². The molecule has 1 aliphatic heterocycles. The third kappa shape index (κ3) is 5.43. The highest BCUT2D eigenvalue weighted by Gasteiger charge is 2.46. The molecule has 1 heterocycles. The van der Waals surface area contributed by atoms with Crippen LogP contribution < -0.4 is 0 Å². The zero-order valence-corrected chi connectivity index (χ0v) is 18.6. The third-order valence-corrected chi connectivity index (χ3v) is 5.81. The molecular weight excluding hydrogens is 378 g/mol. The monoisotopic (exact) mass is 411 g/mol. The fraction of sp³-hybridized carbons (Fsp3) is 0.500. The van der Waals surface area contributed by atoms with Crippen LogP contribution in [0.2, 0.25) is 0 Å². The highest BCUT2D eigenvalue weighted by molar-refractivity contribution is 6.31. The second-order valence-electron chi connectivity index (χ2n) is 7.52. The van der Waals surface area contributed by atoms with Crippen LogP contribution in [-0.2, 0) is 14.3 Å². The second-order valence-corrected chi connectivity index (χ2v) is 7.52. The zero-order valence-electron chi connectivity index (χ0n) is 18.6. The number of carbonyl (C=O) groups excluding carboxylic acids is 2. The summed E-state index contributed by atoms with van der Waals surface area (Å²) in [4.78, 5) is 33.3. The number of likely N-dealkylation sites (N-methyl/N-ethyl adjacent to an activating group) is 1. The van der Waals surface area contributed by atoms with Gasteiger partial charge in [-0.2, -0.15) is 0 Å². The topological polar surface area (TPSA) is 71.3 Å². The van der Waals surface area contributed by atoms with Crippen molar-refractivity contribution >= 4 is 23.9 Å². The third-order valence-electron chi connectivity index (χ3n) is 5.81. The average Bonchev–Trinajstić information content (AvgIpc) is 3.57. The average molecular weight is 412 g/mol. The second kappa shape index (κ2) is 10.9. The molecule has 0 amide bonds. The molecule has 0 radical (unpaired) electrons. The van der Waals surface area contributed by atoms with Crippen LogP contribution in [0.5, 0.6) is 0 Å². The first-order chi connectivity index (χ1) is 14.5. The van der Waals surface area contributed by atoms with Gasteiger partial charge in [0.1, 0.15) is 5.82 Å². The summed E-state index contributed by atoms with van der Waals surface area (Å²) in [5.41, 5.74) is 2.08. The molecule has 3 aliphatic rings. The molecule has 1 fully saturated rings. The van der Waals surface area contributed by atoms with E-state index in [4.69, 9.17) is 4.74 Å². The van der Waals surface area contributed by atoms with Crippen molar-refractivity contribution < 1.29 is 14.3 Å². The number of rotatable bonds is 8. The van der Waals surface area contributed by atoms with Crippen LogP contribution in [0.4, 0.5) is 0 Å². The Morgan fingerprint density at radius 3 is 2.73 bits per heavy atom. The minimum absolute atomic E-state index is 0.156. The Hall–Kier alpha value is -2.76. The molecule has 0 N–H and O–H groups in total. The molecule has 3 unspecified atom stereocenters. The molecule has 162 valence electrons. The lowest BCUT2D eigenvalue weighted by molar-refractivity contribution is -0.139. The normalized spacial score (nSPS) is 25.6. The molecule has 0 aromatic heterocycles. The summed E-state index contributed by atoms with van der Waals surface area (Å²) in [6, 6.07) is 0. The van der Waals surface area contributed by atoms with Crippen molar-refractivity contribution in [3.8, 4) is 0 Å². The number of carbonyl (C=O) groups is 2. The SMILES string of the molecule is C=C/C=C1/N=C(C(=C)CCC2CC=C(CC(=O)OC)C3CC23)N=C(C=O)N1C.CC. The maximum atomic E-state index is 11.5. The van der Waals surface area contributed by atoms with Gasteiger partial charge in [-0.05, 0) is 55.1 Å². The number of methoxy groups -OCH3 is 1. The van der Waals surface area contributed by atoms with E-state index in [1.165, 1.54) is 12.7 Å². The van der Waals surface area contributed by atoms with Gasteiger partial charge >= 0.3 is 5.97 Å². The molecule has 0 saturated heterocycles. The van der Waals surface area contributed by atoms with Crippen LogP contribution in [0.25, 0.3) is 0 Å². The van der Waals surface area contributed by atoms with Crippen LogP contribution in [0.1, 0.15) is 46.0 Å². The van der Waals surface area contributed by atoms with Crippen LogP contribution in [0, 0.1) is 17.8 Å². The smallest absolute Gasteiger partial charge is 0.309 e. The van der Waals surface area contributed by atoms with E-state index < -0.39 is 0 Å². The van der Waals surface area contributed by atoms with Crippen LogP contribution >= 0.6 is 0 Å². The maximum Gasteiger partial charge on any atom is 0.309 e. The van der Waals surface area contributed by atoms with Crippen molar-refractivity contribution in [2.45, 2.75) is 46.0 Å². The van der Waals surface area contributed by atoms with Gasteiger partial charge in [-0.25, -0.2) is 9.98 Å². The predicted octanol–water partition coefficient (Wildman–Crippen LogP) is 4.46. The first-order valence-corrected chi connectivity index (χ1v) is 10.6. The van der Waals surface area contributed by atoms with Gasteiger partial charge in [0.25, 0.3) is 0 Å². The van der Waals surface area contributed by atoms with Gasteiger partial charge < -0.3 is 9.64 Å². The lowest BCUT2D eigenvalue weighted by Crippen LogP contribution is -2.31.